The molecule has 74 valence electrons. The van der Waals surface area contributed by atoms with E-state index in [1.807, 2.05) is 0 Å². The van der Waals surface area contributed by atoms with E-state index in [9.17, 15) is 0 Å². The van der Waals surface area contributed by atoms with Crippen LogP contribution in [0.25, 0.3) is 0 Å². The summed E-state index contributed by atoms with van der Waals surface area (Å²) in [6.07, 6.45) is 3.36. The van der Waals surface area contributed by atoms with Crippen molar-refractivity contribution in [2.75, 3.05) is 19.7 Å². The summed E-state index contributed by atoms with van der Waals surface area (Å²) >= 11 is 0. The first-order valence-electron chi connectivity index (χ1n) is 5.10. The highest BCUT2D eigenvalue weighted by Gasteiger charge is 2.23. The molecule has 2 unspecified atom stereocenters. The second kappa shape index (κ2) is 5.95. The molecule has 1 aliphatic rings. The third kappa shape index (κ3) is 3.33. The van der Waals surface area contributed by atoms with E-state index in [1.54, 1.807) is 0 Å². The van der Waals surface area contributed by atoms with Gasteiger partial charge in [0.1, 0.15) is 0 Å². The molecule has 1 rings (SSSR count). The SMILES string of the molecule is CCCCC(C#N)C1CNCCO1. The predicted octanol–water partition coefficient (Wildman–Crippen LogP) is 1.30. The van der Waals surface area contributed by atoms with Crippen molar-refractivity contribution in [2.45, 2.75) is 32.3 Å². The zero-order valence-electron chi connectivity index (χ0n) is 8.25. The molecule has 0 amide bonds. The normalized spacial score (nSPS) is 25.1. The Bertz CT molecular complexity index is 170. The molecule has 1 N–H and O–H groups in total. The number of nitrogens with one attached hydrogen (secondary N) is 1. The van der Waals surface area contributed by atoms with Crippen LogP contribution in [0.5, 0.6) is 0 Å². The molecule has 3 heteroatoms. The number of hydrogen-bond acceptors (Lipinski definition) is 3. The van der Waals surface area contributed by atoms with E-state index in [4.69, 9.17) is 10.00 Å². The smallest absolute Gasteiger partial charge is 0.0857 e. The van der Waals surface area contributed by atoms with Crippen molar-refractivity contribution < 1.29 is 4.74 Å². The Morgan fingerprint density at radius 3 is 3.08 bits per heavy atom. The lowest BCUT2D eigenvalue weighted by Gasteiger charge is -2.27. The number of ether oxygens (including phenoxy) is 1. The highest BCUT2D eigenvalue weighted by atomic mass is 16.5. The summed E-state index contributed by atoms with van der Waals surface area (Å²) < 4.78 is 5.54. The average molecular weight is 182 g/mol. The van der Waals surface area contributed by atoms with Crippen molar-refractivity contribution in [3.8, 4) is 6.07 Å². The summed E-state index contributed by atoms with van der Waals surface area (Å²) in [6.45, 7) is 4.65. The molecule has 0 aliphatic carbocycles. The maximum absolute atomic E-state index is 8.95. The zero-order valence-corrected chi connectivity index (χ0v) is 8.25. The summed E-state index contributed by atoms with van der Waals surface area (Å²) in [6, 6.07) is 2.34. The standard InChI is InChI=1S/C10H18N2O/c1-2-3-4-9(7-11)10-8-12-5-6-13-10/h9-10,12H,2-6,8H2,1H3. The molecule has 13 heavy (non-hydrogen) atoms. The van der Waals surface area contributed by atoms with Crippen LogP contribution < -0.4 is 5.32 Å². The molecule has 2 atom stereocenters. The van der Waals surface area contributed by atoms with Gasteiger partial charge in [0.15, 0.2) is 0 Å². The second-order valence-corrected chi connectivity index (χ2v) is 3.49. The molecule has 1 heterocycles. The van der Waals surface area contributed by atoms with Crippen LogP contribution in [-0.4, -0.2) is 25.8 Å². The zero-order chi connectivity index (χ0) is 9.52. The molecule has 3 nitrogen and oxygen atoms in total. The summed E-state index contributed by atoms with van der Waals surface area (Å²) in [5, 5.41) is 12.2. The van der Waals surface area contributed by atoms with Gasteiger partial charge in [0.2, 0.25) is 0 Å². The summed E-state index contributed by atoms with van der Waals surface area (Å²) in [4.78, 5) is 0. The van der Waals surface area contributed by atoms with Gasteiger partial charge in [-0.25, -0.2) is 0 Å². The lowest BCUT2D eigenvalue weighted by molar-refractivity contribution is 0.00271. The fraction of sp³-hybridized carbons (Fsp3) is 0.900. The van der Waals surface area contributed by atoms with Gasteiger partial charge in [-0.15, -0.1) is 0 Å². The maximum atomic E-state index is 8.95. The average Bonchev–Trinajstić information content (AvgIpc) is 2.21. The van der Waals surface area contributed by atoms with Gasteiger partial charge in [-0.2, -0.15) is 5.26 Å². The monoisotopic (exact) mass is 182 g/mol. The lowest BCUT2D eigenvalue weighted by atomic mass is 9.97. The van der Waals surface area contributed by atoms with E-state index in [2.05, 4.69) is 18.3 Å². The van der Waals surface area contributed by atoms with Crippen molar-refractivity contribution in [3.63, 3.8) is 0 Å². The Morgan fingerprint density at radius 1 is 1.69 bits per heavy atom. The van der Waals surface area contributed by atoms with Crippen LogP contribution in [0.15, 0.2) is 0 Å². The first-order valence-corrected chi connectivity index (χ1v) is 5.10. The van der Waals surface area contributed by atoms with Crippen molar-refractivity contribution in [2.24, 2.45) is 5.92 Å². The summed E-state index contributed by atoms with van der Waals surface area (Å²) in [5.41, 5.74) is 0. The largest absolute Gasteiger partial charge is 0.374 e. The van der Waals surface area contributed by atoms with Crippen molar-refractivity contribution in [3.05, 3.63) is 0 Å². The Kier molecular flexibility index (Phi) is 4.81. The van der Waals surface area contributed by atoms with Gasteiger partial charge >= 0.3 is 0 Å². The number of nitriles is 1. The molecule has 0 spiro atoms. The molecule has 1 fully saturated rings. The highest BCUT2D eigenvalue weighted by Crippen LogP contribution is 2.16. The Morgan fingerprint density at radius 2 is 2.54 bits per heavy atom. The van der Waals surface area contributed by atoms with Crippen LogP contribution in [0.1, 0.15) is 26.2 Å². The molecule has 0 aromatic rings. The predicted molar refractivity (Wildman–Crippen MR) is 51.2 cm³/mol. The molecular formula is C10H18N2O. The lowest BCUT2D eigenvalue weighted by Crippen LogP contribution is -2.42. The first-order chi connectivity index (χ1) is 6.38. The van der Waals surface area contributed by atoms with Crippen LogP contribution in [0.3, 0.4) is 0 Å². The van der Waals surface area contributed by atoms with Gasteiger partial charge in [0, 0.05) is 13.1 Å². The fourth-order valence-corrected chi connectivity index (χ4v) is 1.60. The van der Waals surface area contributed by atoms with Gasteiger partial charge in [-0.05, 0) is 6.42 Å². The van der Waals surface area contributed by atoms with E-state index < -0.39 is 0 Å². The van der Waals surface area contributed by atoms with E-state index in [-0.39, 0.29) is 12.0 Å². The topological polar surface area (TPSA) is 45.0 Å². The molecule has 0 aromatic heterocycles. The van der Waals surface area contributed by atoms with E-state index in [1.165, 1.54) is 0 Å². The van der Waals surface area contributed by atoms with Gasteiger partial charge < -0.3 is 10.1 Å². The molecule has 1 aliphatic heterocycles. The fourth-order valence-electron chi connectivity index (χ4n) is 1.60. The van der Waals surface area contributed by atoms with E-state index in [0.717, 1.165) is 39.0 Å². The van der Waals surface area contributed by atoms with Gasteiger partial charge in [0.05, 0.1) is 24.7 Å². The van der Waals surface area contributed by atoms with Crippen LogP contribution in [-0.2, 0) is 4.74 Å². The van der Waals surface area contributed by atoms with Crippen LogP contribution in [0.2, 0.25) is 0 Å². The second-order valence-electron chi connectivity index (χ2n) is 3.49. The summed E-state index contributed by atoms with van der Waals surface area (Å²) in [5.74, 6) is 0.0766. The molecule has 1 saturated heterocycles. The minimum absolute atomic E-state index is 0.0766. The van der Waals surface area contributed by atoms with Gasteiger partial charge in [0.25, 0.3) is 0 Å². The minimum Gasteiger partial charge on any atom is -0.374 e. The first kappa shape index (κ1) is 10.5. The number of nitrogens with zero attached hydrogens (tertiary/aromatic N) is 1. The number of hydrogen-bond donors (Lipinski definition) is 1. The quantitative estimate of drug-likeness (QED) is 0.713. The van der Waals surface area contributed by atoms with Crippen molar-refractivity contribution in [1.29, 1.82) is 5.26 Å². The highest BCUT2D eigenvalue weighted by molar-refractivity contribution is 4.91. The van der Waals surface area contributed by atoms with Crippen LogP contribution in [0, 0.1) is 17.2 Å². The van der Waals surface area contributed by atoms with Gasteiger partial charge in [-0.1, -0.05) is 19.8 Å². The Balaban J connectivity index is 2.31. The molecule has 0 aromatic carbocycles. The van der Waals surface area contributed by atoms with Crippen LogP contribution in [0.4, 0.5) is 0 Å². The molecule has 0 bridgehead atoms. The Hall–Kier alpha value is -0.590. The Labute approximate surface area is 80.1 Å². The third-order valence-electron chi connectivity index (χ3n) is 2.44. The van der Waals surface area contributed by atoms with Gasteiger partial charge in [-0.3, -0.25) is 0 Å². The number of morpholine rings is 1. The van der Waals surface area contributed by atoms with Crippen LogP contribution >= 0.6 is 0 Å². The van der Waals surface area contributed by atoms with E-state index in [0.29, 0.717) is 0 Å². The number of rotatable bonds is 4. The maximum Gasteiger partial charge on any atom is 0.0857 e. The van der Waals surface area contributed by atoms with E-state index >= 15 is 0 Å². The van der Waals surface area contributed by atoms with Crippen molar-refractivity contribution in [1.82, 2.24) is 5.32 Å². The molecule has 0 radical (unpaired) electrons. The summed E-state index contributed by atoms with van der Waals surface area (Å²) in [7, 11) is 0. The molecular weight excluding hydrogens is 164 g/mol. The minimum atomic E-state index is 0.0766. The number of unbranched alkanes of at least 4 members (excludes halogenated alkanes) is 1. The molecule has 0 saturated carbocycles. The third-order valence-corrected chi connectivity index (χ3v) is 2.44. The van der Waals surface area contributed by atoms with Crippen molar-refractivity contribution >= 4 is 0 Å².